The molecule has 0 fully saturated rings. The van der Waals surface area contributed by atoms with Crippen molar-refractivity contribution < 1.29 is 19.0 Å². The van der Waals surface area contributed by atoms with E-state index in [9.17, 15) is 9.90 Å². The topological polar surface area (TPSA) is 68.9 Å². The molecular formula is C25H32O5. The molecule has 30 heavy (non-hydrogen) atoms. The fourth-order valence-electron chi connectivity index (χ4n) is 3.84. The van der Waals surface area contributed by atoms with Crippen molar-refractivity contribution in [2.24, 2.45) is 0 Å². The first kappa shape index (κ1) is 22.2. The minimum absolute atomic E-state index is 0.0337. The molecule has 0 aliphatic carbocycles. The zero-order valence-electron chi connectivity index (χ0n) is 18.7. The summed E-state index contributed by atoms with van der Waals surface area (Å²) in [6.45, 7) is 9.66. The Hall–Kier alpha value is -2.53. The van der Waals surface area contributed by atoms with Gasteiger partial charge < -0.3 is 19.0 Å². The maximum atomic E-state index is 13.1. The Labute approximate surface area is 178 Å². The van der Waals surface area contributed by atoms with Gasteiger partial charge in [0.15, 0.2) is 5.43 Å². The number of hydrogen-bond donors (Lipinski definition) is 1. The van der Waals surface area contributed by atoms with E-state index in [0.29, 0.717) is 28.2 Å². The van der Waals surface area contributed by atoms with E-state index in [1.807, 2.05) is 19.9 Å². The second kappa shape index (κ2) is 8.31. The van der Waals surface area contributed by atoms with Crippen LogP contribution in [-0.4, -0.2) is 23.4 Å². The van der Waals surface area contributed by atoms with Crippen LogP contribution in [0.1, 0.15) is 65.4 Å². The molecule has 1 aliphatic rings. The third kappa shape index (κ3) is 4.62. The largest absolute Gasteiger partial charge is 0.497 e. The summed E-state index contributed by atoms with van der Waals surface area (Å²) < 4.78 is 17.4. The first-order valence-corrected chi connectivity index (χ1v) is 10.4. The molecule has 0 saturated heterocycles. The average molecular weight is 413 g/mol. The van der Waals surface area contributed by atoms with Crippen LogP contribution >= 0.6 is 0 Å². The normalized spacial score (nSPS) is 21.8. The Morgan fingerprint density at radius 3 is 2.77 bits per heavy atom. The number of methoxy groups -OCH3 is 1. The van der Waals surface area contributed by atoms with Crippen LogP contribution in [0.2, 0.25) is 0 Å². The maximum absolute atomic E-state index is 13.1. The van der Waals surface area contributed by atoms with Crippen LogP contribution in [0.4, 0.5) is 0 Å². The lowest BCUT2D eigenvalue weighted by atomic mass is 9.83. The van der Waals surface area contributed by atoms with Gasteiger partial charge in [-0.3, -0.25) is 4.79 Å². The van der Waals surface area contributed by atoms with E-state index < -0.39 is 11.2 Å². The number of allylic oxidation sites excluding steroid dienone is 3. The number of aliphatic hydroxyl groups is 1. The highest BCUT2D eigenvalue weighted by Gasteiger charge is 2.45. The van der Waals surface area contributed by atoms with E-state index in [-0.39, 0.29) is 11.3 Å². The molecule has 1 aromatic carbocycles. The summed E-state index contributed by atoms with van der Waals surface area (Å²) in [6.07, 6.45) is 8.38. The molecule has 0 radical (unpaired) electrons. The number of rotatable bonds is 7. The third-order valence-electron chi connectivity index (χ3n) is 5.87. The van der Waals surface area contributed by atoms with Crippen molar-refractivity contribution in [3.8, 4) is 11.7 Å². The van der Waals surface area contributed by atoms with Crippen LogP contribution in [0.25, 0.3) is 11.0 Å². The van der Waals surface area contributed by atoms with Gasteiger partial charge in [0.1, 0.15) is 16.9 Å². The molecule has 162 valence electrons. The van der Waals surface area contributed by atoms with Gasteiger partial charge in [0.2, 0.25) is 0 Å². The Morgan fingerprint density at radius 1 is 1.37 bits per heavy atom. The molecule has 0 bridgehead atoms. The number of fused-ring (bicyclic) bond motifs is 2. The van der Waals surface area contributed by atoms with Gasteiger partial charge in [0.25, 0.3) is 5.95 Å². The van der Waals surface area contributed by atoms with Gasteiger partial charge in [-0.25, -0.2) is 0 Å². The highest BCUT2D eigenvalue weighted by atomic mass is 16.6. The minimum atomic E-state index is -0.792. The van der Waals surface area contributed by atoms with Gasteiger partial charge in [-0.1, -0.05) is 30.7 Å². The summed E-state index contributed by atoms with van der Waals surface area (Å²) in [6, 6.07) is 5.23. The van der Waals surface area contributed by atoms with E-state index in [2.05, 4.69) is 13.0 Å². The summed E-state index contributed by atoms with van der Waals surface area (Å²) in [5.41, 5.74) is 0.988. The summed E-state index contributed by atoms with van der Waals surface area (Å²) in [7, 11) is 1.58. The fraction of sp³-hybridized carbons (Fsp3) is 0.480. The standard InChI is InChI=1S/C25H32O5/c1-16(9-7-13-24(3,4)27)10-8-14-25(5)17(2)21-22(26)19-12-11-18(28-6)15-20(19)29-23(21)30-25/h7,10-13,15,17,27H,8-9,14H2,1-6H3. The predicted molar refractivity (Wildman–Crippen MR) is 120 cm³/mol. The minimum Gasteiger partial charge on any atom is -0.497 e. The molecule has 5 nitrogen and oxygen atoms in total. The van der Waals surface area contributed by atoms with Crippen LogP contribution in [-0.2, 0) is 0 Å². The van der Waals surface area contributed by atoms with E-state index >= 15 is 0 Å². The molecule has 0 amide bonds. The van der Waals surface area contributed by atoms with Crippen molar-refractivity contribution in [2.75, 3.05) is 7.11 Å². The van der Waals surface area contributed by atoms with Crippen LogP contribution < -0.4 is 14.9 Å². The predicted octanol–water partition coefficient (Wildman–Crippen LogP) is 5.50. The summed E-state index contributed by atoms with van der Waals surface area (Å²) in [5.74, 6) is 0.891. The molecule has 2 unspecified atom stereocenters. The first-order valence-electron chi connectivity index (χ1n) is 10.4. The Kier molecular flexibility index (Phi) is 6.14. The smallest absolute Gasteiger partial charge is 0.293 e. The second-order valence-corrected chi connectivity index (χ2v) is 8.98. The lowest BCUT2D eigenvalue weighted by Gasteiger charge is -2.27. The first-order chi connectivity index (χ1) is 14.0. The summed E-state index contributed by atoms with van der Waals surface area (Å²) >= 11 is 0. The molecule has 1 N–H and O–H groups in total. The highest BCUT2D eigenvalue weighted by molar-refractivity contribution is 5.79. The number of ether oxygens (including phenoxy) is 2. The van der Waals surface area contributed by atoms with Gasteiger partial charge in [-0.05, 0) is 59.1 Å². The summed E-state index contributed by atoms with van der Waals surface area (Å²) in [5, 5.41) is 10.3. The number of hydrogen-bond acceptors (Lipinski definition) is 5. The van der Waals surface area contributed by atoms with E-state index in [0.717, 1.165) is 19.3 Å². The fourth-order valence-corrected chi connectivity index (χ4v) is 3.84. The van der Waals surface area contributed by atoms with Crippen molar-refractivity contribution in [3.05, 3.63) is 57.8 Å². The lowest BCUT2D eigenvalue weighted by Crippen LogP contribution is -2.33. The highest BCUT2D eigenvalue weighted by Crippen LogP contribution is 2.46. The average Bonchev–Trinajstić information content (AvgIpc) is 2.91. The molecule has 3 rings (SSSR count). The molecule has 0 saturated carbocycles. The van der Waals surface area contributed by atoms with Crippen molar-refractivity contribution >= 4 is 11.0 Å². The van der Waals surface area contributed by atoms with E-state index in [1.54, 1.807) is 45.2 Å². The van der Waals surface area contributed by atoms with Crippen molar-refractivity contribution in [1.29, 1.82) is 0 Å². The van der Waals surface area contributed by atoms with E-state index in [1.165, 1.54) is 5.57 Å². The van der Waals surface area contributed by atoms with Crippen molar-refractivity contribution in [2.45, 2.75) is 71.0 Å². The van der Waals surface area contributed by atoms with Gasteiger partial charge in [-0.15, -0.1) is 0 Å². The van der Waals surface area contributed by atoms with Crippen LogP contribution in [0.15, 0.2) is 51.2 Å². The zero-order valence-corrected chi connectivity index (χ0v) is 18.7. The number of benzene rings is 1. The van der Waals surface area contributed by atoms with Crippen LogP contribution in [0, 0.1) is 0 Å². The van der Waals surface area contributed by atoms with E-state index in [4.69, 9.17) is 13.9 Å². The summed E-state index contributed by atoms with van der Waals surface area (Å²) in [4.78, 5) is 13.1. The van der Waals surface area contributed by atoms with Crippen molar-refractivity contribution in [3.63, 3.8) is 0 Å². The van der Waals surface area contributed by atoms with Crippen molar-refractivity contribution in [1.82, 2.24) is 0 Å². The molecule has 1 aromatic heterocycles. The second-order valence-electron chi connectivity index (χ2n) is 8.98. The molecule has 2 atom stereocenters. The van der Waals surface area contributed by atoms with Crippen LogP contribution in [0.3, 0.4) is 0 Å². The van der Waals surface area contributed by atoms with Gasteiger partial charge in [0.05, 0.1) is 23.7 Å². The van der Waals surface area contributed by atoms with Gasteiger partial charge in [0, 0.05) is 12.0 Å². The Morgan fingerprint density at radius 2 is 2.10 bits per heavy atom. The maximum Gasteiger partial charge on any atom is 0.293 e. The molecule has 0 spiro atoms. The lowest BCUT2D eigenvalue weighted by molar-refractivity contribution is 0.0637. The Bertz CT molecular complexity index is 1040. The van der Waals surface area contributed by atoms with Gasteiger partial charge in [-0.2, -0.15) is 0 Å². The molecule has 2 aromatic rings. The SMILES string of the molecule is COc1ccc2c(=O)c3c(oc2c1)OC(C)(CCC=C(C)CC=CC(C)(C)O)C3C. The molecular weight excluding hydrogens is 380 g/mol. The molecule has 2 heterocycles. The monoisotopic (exact) mass is 412 g/mol. The molecule has 1 aliphatic heterocycles. The van der Waals surface area contributed by atoms with Crippen LogP contribution in [0.5, 0.6) is 11.7 Å². The van der Waals surface area contributed by atoms with Gasteiger partial charge >= 0.3 is 0 Å². The third-order valence-corrected chi connectivity index (χ3v) is 5.87. The quantitative estimate of drug-likeness (QED) is 0.608. The zero-order chi connectivity index (χ0) is 22.1. The Balaban J connectivity index is 1.76. The molecule has 5 heteroatoms.